The monoisotopic (exact) mass is 814 g/mol. The molecule has 13 heteroatoms. The molecule has 0 aromatic rings. The van der Waals surface area contributed by atoms with E-state index in [1.165, 1.54) is 38.5 Å². The summed E-state index contributed by atoms with van der Waals surface area (Å²) in [5.74, 6) is -1.40. The number of unbranched alkanes of at least 4 members (excludes halogenated alkanes) is 13. The van der Waals surface area contributed by atoms with Gasteiger partial charge < -0.3 is 39.3 Å². The lowest BCUT2D eigenvalue weighted by Gasteiger charge is -2.36. The van der Waals surface area contributed by atoms with E-state index < -0.39 is 57.1 Å². The van der Waals surface area contributed by atoms with Crippen LogP contribution in [0.2, 0.25) is 0 Å². The standard InChI is InChI=1S/C43H75O12P/c1-3-5-7-8-9-10-11-12-13-14-15-16-17-18-19-20-26-30-42(47)54-37(35-53-56(49,50)51)34-52-41(46)29-25-22-21-24-28-38-39(45)33-43(48)55-40(38)32-31-36(44)27-23-6-4-2/h9-10,12-13,21,24,31-32,36-40,43-45,48H,3-8,11,14-20,22-23,25-30,33-35H2,1-2H3,(H2,49,50,51)/b10-9-,13-12-,24-21-,32-31+/t36-,37+,38-,39-,40+,43?/m0/s1. The summed E-state index contributed by atoms with van der Waals surface area (Å²) in [7, 11) is -4.83. The molecule has 1 heterocycles. The lowest BCUT2D eigenvalue weighted by atomic mass is 9.87. The Morgan fingerprint density at radius 1 is 0.750 bits per heavy atom. The van der Waals surface area contributed by atoms with Crippen LogP contribution < -0.4 is 0 Å². The van der Waals surface area contributed by atoms with Crippen molar-refractivity contribution in [3.05, 3.63) is 48.6 Å². The van der Waals surface area contributed by atoms with Crippen LogP contribution in [-0.2, 0) is 32.9 Å². The molecule has 324 valence electrons. The highest BCUT2D eigenvalue weighted by molar-refractivity contribution is 7.46. The first-order valence-electron chi connectivity index (χ1n) is 21.3. The Bertz CT molecular complexity index is 1170. The number of carbonyl (C=O) groups is 2. The Morgan fingerprint density at radius 2 is 1.34 bits per heavy atom. The quantitative estimate of drug-likeness (QED) is 0.0180. The Labute approximate surface area is 337 Å². The molecule has 56 heavy (non-hydrogen) atoms. The SMILES string of the molecule is CCCCC/C=C\C/C=C\CCCCCCCCCC(=O)O[C@H](COC(=O)CCC/C=C\C[C@H]1[C@@H](O)CC(O)O[C@@H]1/C=C/[C@@H](O)CCCCC)COP(=O)(O)O. The predicted octanol–water partition coefficient (Wildman–Crippen LogP) is 8.84. The summed E-state index contributed by atoms with van der Waals surface area (Å²) < 4.78 is 32.0. The van der Waals surface area contributed by atoms with Crippen LogP contribution in [0, 0.1) is 5.92 Å². The number of esters is 2. The van der Waals surface area contributed by atoms with Crippen LogP contribution in [0.3, 0.4) is 0 Å². The molecule has 0 aliphatic carbocycles. The van der Waals surface area contributed by atoms with E-state index in [0.29, 0.717) is 32.1 Å². The lowest BCUT2D eigenvalue weighted by molar-refractivity contribution is -0.199. The first kappa shape index (κ1) is 51.9. The normalized spacial score (nSPS) is 20.4. The van der Waals surface area contributed by atoms with Gasteiger partial charge in [0.2, 0.25) is 0 Å². The summed E-state index contributed by atoms with van der Waals surface area (Å²) >= 11 is 0. The minimum absolute atomic E-state index is 0.0700. The van der Waals surface area contributed by atoms with Gasteiger partial charge in [-0.15, -0.1) is 0 Å². The van der Waals surface area contributed by atoms with Crippen LogP contribution >= 0.6 is 7.82 Å². The van der Waals surface area contributed by atoms with Crippen LogP contribution in [0.4, 0.5) is 0 Å². The Kier molecular flexibility index (Phi) is 31.3. The number of allylic oxidation sites excluding steroid dienone is 6. The number of ether oxygens (including phenoxy) is 3. The molecule has 1 unspecified atom stereocenters. The van der Waals surface area contributed by atoms with Gasteiger partial charge in [-0.3, -0.25) is 14.1 Å². The number of aliphatic hydroxyl groups is 3. The molecular weight excluding hydrogens is 739 g/mol. The van der Waals surface area contributed by atoms with Gasteiger partial charge in [0.05, 0.1) is 24.9 Å². The third kappa shape index (κ3) is 30.0. The topological polar surface area (TPSA) is 189 Å². The molecule has 5 N–H and O–H groups in total. The number of aliphatic hydroxyl groups excluding tert-OH is 3. The maximum atomic E-state index is 12.5. The highest BCUT2D eigenvalue weighted by Gasteiger charge is 2.35. The first-order valence-corrected chi connectivity index (χ1v) is 22.9. The van der Waals surface area contributed by atoms with Gasteiger partial charge in [0, 0.05) is 25.2 Å². The van der Waals surface area contributed by atoms with E-state index in [2.05, 4.69) is 42.7 Å². The zero-order chi connectivity index (χ0) is 41.3. The van der Waals surface area contributed by atoms with E-state index in [1.807, 2.05) is 12.2 Å². The summed E-state index contributed by atoms with van der Waals surface area (Å²) in [6, 6.07) is 0. The van der Waals surface area contributed by atoms with E-state index in [9.17, 15) is 29.5 Å². The maximum absolute atomic E-state index is 12.5. The average Bonchev–Trinajstić information content (AvgIpc) is 3.14. The molecule has 0 bridgehead atoms. The van der Waals surface area contributed by atoms with Crippen LogP contribution in [0.1, 0.15) is 162 Å². The lowest BCUT2D eigenvalue weighted by Crippen LogP contribution is -2.43. The maximum Gasteiger partial charge on any atom is 0.469 e. The highest BCUT2D eigenvalue weighted by Crippen LogP contribution is 2.36. The Hall–Kier alpha value is -2.15. The molecule has 6 atom stereocenters. The summed E-state index contributed by atoms with van der Waals surface area (Å²) in [4.78, 5) is 43.1. The van der Waals surface area contributed by atoms with E-state index in [-0.39, 0.29) is 31.8 Å². The van der Waals surface area contributed by atoms with E-state index in [4.69, 9.17) is 24.0 Å². The molecule has 1 rings (SSSR count). The van der Waals surface area contributed by atoms with Crippen molar-refractivity contribution in [3.63, 3.8) is 0 Å². The smallest absolute Gasteiger partial charge is 0.462 e. The number of carbonyl (C=O) groups excluding carboxylic acids is 2. The van der Waals surface area contributed by atoms with Gasteiger partial charge in [0.15, 0.2) is 12.4 Å². The third-order valence-corrected chi connectivity index (χ3v) is 10.1. The highest BCUT2D eigenvalue weighted by atomic mass is 31.2. The fourth-order valence-electron chi connectivity index (χ4n) is 6.32. The number of hydrogen-bond acceptors (Lipinski definition) is 10. The zero-order valence-electron chi connectivity index (χ0n) is 34.3. The van der Waals surface area contributed by atoms with Crippen molar-refractivity contribution in [1.29, 1.82) is 0 Å². The van der Waals surface area contributed by atoms with Crippen molar-refractivity contribution >= 4 is 19.8 Å². The molecule has 1 saturated heterocycles. The second kappa shape index (κ2) is 33.8. The first-order chi connectivity index (χ1) is 26.9. The number of rotatable bonds is 34. The van der Waals surface area contributed by atoms with E-state index >= 15 is 0 Å². The molecule has 0 saturated carbocycles. The molecule has 0 aromatic heterocycles. The van der Waals surface area contributed by atoms with Crippen molar-refractivity contribution in [1.82, 2.24) is 0 Å². The molecule has 1 aliphatic heterocycles. The fraction of sp³-hybridized carbons (Fsp3) is 0.767. The number of hydrogen-bond donors (Lipinski definition) is 5. The second-order valence-corrected chi connectivity index (χ2v) is 16.1. The molecular formula is C43H75O12P. The molecule has 0 radical (unpaired) electrons. The van der Waals surface area contributed by atoms with Crippen LogP contribution in [0.5, 0.6) is 0 Å². The van der Waals surface area contributed by atoms with Gasteiger partial charge in [-0.2, -0.15) is 0 Å². The summed E-state index contributed by atoms with van der Waals surface area (Å²) in [5.41, 5.74) is 0. The van der Waals surface area contributed by atoms with Crippen LogP contribution in [0.15, 0.2) is 48.6 Å². The summed E-state index contributed by atoms with van der Waals surface area (Å²) in [6.45, 7) is 3.31. The minimum Gasteiger partial charge on any atom is -0.462 e. The van der Waals surface area contributed by atoms with Gasteiger partial charge in [0.25, 0.3) is 0 Å². The fourth-order valence-corrected chi connectivity index (χ4v) is 6.68. The van der Waals surface area contributed by atoms with Crippen molar-refractivity contribution in [3.8, 4) is 0 Å². The Morgan fingerprint density at radius 3 is 2.02 bits per heavy atom. The van der Waals surface area contributed by atoms with E-state index in [0.717, 1.165) is 57.8 Å². The van der Waals surface area contributed by atoms with Crippen LogP contribution in [-0.4, -0.2) is 81.0 Å². The molecule has 1 aliphatic rings. The molecule has 0 aromatic carbocycles. The zero-order valence-corrected chi connectivity index (χ0v) is 35.2. The van der Waals surface area contributed by atoms with Crippen molar-refractivity contribution < 1.29 is 58.0 Å². The number of phosphoric acid groups is 1. The van der Waals surface area contributed by atoms with Gasteiger partial charge in [-0.1, -0.05) is 127 Å². The average molecular weight is 815 g/mol. The van der Waals surface area contributed by atoms with E-state index in [1.54, 1.807) is 12.2 Å². The van der Waals surface area contributed by atoms with Gasteiger partial charge in [0.1, 0.15) is 6.61 Å². The Balaban J connectivity index is 2.32. The van der Waals surface area contributed by atoms with Crippen LogP contribution in [0.25, 0.3) is 0 Å². The van der Waals surface area contributed by atoms with Gasteiger partial charge in [-0.25, -0.2) is 4.57 Å². The van der Waals surface area contributed by atoms with Crippen molar-refractivity contribution in [2.45, 2.75) is 192 Å². The third-order valence-electron chi connectivity index (χ3n) is 9.62. The van der Waals surface area contributed by atoms with Gasteiger partial charge in [-0.05, 0) is 64.2 Å². The van der Waals surface area contributed by atoms with Crippen molar-refractivity contribution in [2.75, 3.05) is 13.2 Å². The van der Waals surface area contributed by atoms with Gasteiger partial charge >= 0.3 is 19.8 Å². The molecule has 1 fully saturated rings. The predicted molar refractivity (Wildman–Crippen MR) is 219 cm³/mol. The minimum atomic E-state index is -4.83. The summed E-state index contributed by atoms with van der Waals surface area (Å²) in [6.07, 6.45) is 31.6. The second-order valence-electron chi connectivity index (χ2n) is 14.8. The number of phosphoric ester groups is 1. The molecule has 12 nitrogen and oxygen atoms in total. The molecule has 0 spiro atoms. The summed E-state index contributed by atoms with van der Waals surface area (Å²) in [5, 5.41) is 30.8. The molecule has 0 amide bonds. The largest absolute Gasteiger partial charge is 0.469 e. The van der Waals surface area contributed by atoms with Crippen molar-refractivity contribution in [2.24, 2.45) is 5.92 Å².